The Balaban J connectivity index is 1.71. The second-order valence-corrected chi connectivity index (χ2v) is 8.04. The molecular weight excluding hydrogens is 382 g/mol. The molecule has 1 heterocycles. The Labute approximate surface area is 175 Å². The van der Waals surface area contributed by atoms with Crippen LogP contribution in [-0.4, -0.2) is 29.2 Å². The number of nitrogens with zero attached hydrogens (tertiary/aromatic N) is 1. The van der Waals surface area contributed by atoms with Crippen molar-refractivity contribution in [3.63, 3.8) is 0 Å². The molecule has 3 rings (SSSR count). The minimum absolute atomic E-state index is 0.0305. The highest BCUT2D eigenvalue weighted by atomic mass is 32.1. The van der Waals surface area contributed by atoms with Gasteiger partial charge in [-0.25, -0.2) is 0 Å². The van der Waals surface area contributed by atoms with Crippen LogP contribution in [0.1, 0.15) is 34.6 Å². The first-order chi connectivity index (χ1) is 14.0. The maximum absolute atomic E-state index is 13.0. The minimum atomic E-state index is -0.0777. The zero-order valence-electron chi connectivity index (χ0n) is 16.7. The summed E-state index contributed by atoms with van der Waals surface area (Å²) >= 11 is 1.70. The van der Waals surface area contributed by atoms with Crippen molar-refractivity contribution in [2.24, 2.45) is 0 Å². The second kappa shape index (κ2) is 10.0. The number of ketones is 1. The molecule has 5 heteroatoms. The first-order valence-electron chi connectivity index (χ1n) is 9.62. The molecule has 1 aromatic heterocycles. The molecule has 1 amide bonds. The van der Waals surface area contributed by atoms with Crippen LogP contribution in [0.15, 0.2) is 72.1 Å². The summed E-state index contributed by atoms with van der Waals surface area (Å²) in [6, 6.07) is 21.1. The first kappa shape index (κ1) is 20.8. The zero-order chi connectivity index (χ0) is 20.6. The molecule has 4 nitrogen and oxygen atoms in total. The molecule has 0 aliphatic heterocycles. The fraction of sp³-hybridized carbons (Fsp3) is 0.250. The van der Waals surface area contributed by atoms with Gasteiger partial charge in [-0.1, -0.05) is 48.5 Å². The smallest absolute Gasteiger partial charge is 0.261 e. The molecule has 0 N–H and O–H groups in total. The van der Waals surface area contributed by atoms with Gasteiger partial charge < -0.3 is 9.64 Å². The molecule has 0 radical (unpaired) electrons. The number of ether oxygens (including phenoxy) is 1. The van der Waals surface area contributed by atoms with E-state index in [0.29, 0.717) is 17.9 Å². The van der Waals surface area contributed by atoms with Gasteiger partial charge in [-0.15, -0.1) is 11.3 Å². The fourth-order valence-electron chi connectivity index (χ4n) is 3.13. The van der Waals surface area contributed by atoms with E-state index >= 15 is 0 Å². The summed E-state index contributed by atoms with van der Waals surface area (Å²) in [5.41, 5.74) is 1.65. The summed E-state index contributed by atoms with van der Waals surface area (Å²) in [6.07, 6.45) is 0.802. The normalized spacial score (nSPS) is 11.7. The highest BCUT2D eigenvalue weighted by Crippen LogP contribution is 2.18. The maximum Gasteiger partial charge on any atom is 0.261 e. The van der Waals surface area contributed by atoms with Gasteiger partial charge in [0.05, 0.1) is 0 Å². The summed E-state index contributed by atoms with van der Waals surface area (Å²) in [6.45, 7) is 4.04. The number of carbonyl (C=O) groups is 2. The van der Waals surface area contributed by atoms with Crippen LogP contribution in [0.2, 0.25) is 0 Å². The number of benzene rings is 2. The van der Waals surface area contributed by atoms with Crippen molar-refractivity contribution >= 4 is 23.0 Å². The van der Waals surface area contributed by atoms with Gasteiger partial charge in [0.25, 0.3) is 5.91 Å². The fourth-order valence-corrected chi connectivity index (χ4v) is 3.96. The topological polar surface area (TPSA) is 46.6 Å². The molecule has 0 aliphatic rings. The lowest BCUT2D eigenvalue weighted by Crippen LogP contribution is -2.41. The van der Waals surface area contributed by atoms with E-state index in [2.05, 4.69) is 18.4 Å². The van der Waals surface area contributed by atoms with Crippen molar-refractivity contribution in [1.82, 2.24) is 4.90 Å². The lowest BCUT2D eigenvalue weighted by Gasteiger charge is -2.29. The van der Waals surface area contributed by atoms with E-state index in [-0.39, 0.29) is 24.3 Å². The van der Waals surface area contributed by atoms with Crippen molar-refractivity contribution in [3.8, 4) is 5.75 Å². The Hall–Kier alpha value is -2.92. The van der Waals surface area contributed by atoms with Gasteiger partial charge in [-0.05, 0) is 43.0 Å². The van der Waals surface area contributed by atoms with Crippen LogP contribution in [0.3, 0.4) is 0 Å². The van der Waals surface area contributed by atoms with E-state index in [9.17, 15) is 9.59 Å². The van der Waals surface area contributed by atoms with Crippen molar-refractivity contribution in [2.75, 3.05) is 6.61 Å². The summed E-state index contributed by atoms with van der Waals surface area (Å²) in [4.78, 5) is 27.7. The van der Waals surface area contributed by atoms with E-state index in [4.69, 9.17) is 4.74 Å². The highest BCUT2D eigenvalue weighted by Gasteiger charge is 2.22. The number of rotatable bonds is 9. The quantitative estimate of drug-likeness (QED) is 0.470. The predicted molar refractivity (Wildman–Crippen MR) is 116 cm³/mol. The van der Waals surface area contributed by atoms with E-state index in [0.717, 1.165) is 12.0 Å². The van der Waals surface area contributed by atoms with Crippen LogP contribution in [0.5, 0.6) is 5.75 Å². The van der Waals surface area contributed by atoms with Crippen LogP contribution in [-0.2, 0) is 17.8 Å². The Morgan fingerprint density at radius 1 is 1.03 bits per heavy atom. The molecule has 2 aromatic carbocycles. The largest absolute Gasteiger partial charge is 0.484 e. The predicted octanol–water partition coefficient (Wildman–Crippen LogP) is 4.99. The summed E-state index contributed by atoms with van der Waals surface area (Å²) < 4.78 is 5.72. The molecule has 0 saturated carbocycles. The van der Waals surface area contributed by atoms with Gasteiger partial charge in [0, 0.05) is 29.4 Å². The Kier molecular flexibility index (Phi) is 7.19. The third kappa shape index (κ3) is 6.03. The number of hydrogen-bond acceptors (Lipinski definition) is 4. The molecule has 0 aliphatic carbocycles. The van der Waals surface area contributed by atoms with Crippen molar-refractivity contribution in [2.45, 2.75) is 32.9 Å². The monoisotopic (exact) mass is 407 g/mol. The minimum Gasteiger partial charge on any atom is -0.484 e. The Morgan fingerprint density at radius 2 is 1.83 bits per heavy atom. The molecule has 1 atom stereocenters. The molecule has 29 heavy (non-hydrogen) atoms. The third-order valence-corrected chi connectivity index (χ3v) is 5.63. The Bertz CT molecular complexity index is 938. The number of thiophene rings is 1. The lowest BCUT2D eigenvalue weighted by atomic mass is 10.1. The number of Topliss-reactive ketones (excluding diaryl/α,β-unsaturated/α-hetero) is 1. The molecule has 0 spiro atoms. The zero-order valence-corrected chi connectivity index (χ0v) is 17.5. The standard InChI is InChI=1S/C24H25NO3S/c1-18(14-23-12-7-13-29-23)25(16-20-8-4-3-5-9-20)24(27)17-28-22-11-6-10-21(15-22)19(2)26/h3-13,15,18H,14,16-17H2,1-2H3. The van der Waals surface area contributed by atoms with Gasteiger partial charge in [0.1, 0.15) is 5.75 Å². The number of carbonyl (C=O) groups excluding carboxylic acids is 2. The van der Waals surface area contributed by atoms with Gasteiger partial charge >= 0.3 is 0 Å². The second-order valence-electron chi connectivity index (χ2n) is 7.01. The van der Waals surface area contributed by atoms with E-state index < -0.39 is 0 Å². The van der Waals surface area contributed by atoms with E-state index in [1.807, 2.05) is 41.3 Å². The molecular formula is C24H25NO3S. The van der Waals surface area contributed by atoms with Crippen LogP contribution in [0.4, 0.5) is 0 Å². The average molecular weight is 408 g/mol. The lowest BCUT2D eigenvalue weighted by molar-refractivity contribution is -0.136. The number of hydrogen-bond donors (Lipinski definition) is 0. The SMILES string of the molecule is CC(=O)c1cccc(OCC(=O)N(Cc2ccccc2)C(C)Cc2cccs2)c1. The van der Waals surface area contributed by atoms with Crippen LogP contribution >= 0.6 is 11.3 Å². The summed E-state index contributed by atoms with van der Waals surface area (Å²) in [5, 5.41) is 2.05. The maximum atomic E-state index is 13.0. The van der Waals surface area contributed by atoms with Crippen molar-refractivity contribution < 1.29 is 14.3 Å². The van der Waals surface area contributed by atoms with Gasteiger partial charge in [-0.3, -0.25) is 9.59 Å². The summed E-state index contributed by atoms with van der Waals surface area (Å²) in [7, 11) is 0. The molecule has 1 unspecified atom stereocenters. The van der Waals surface area contributed by atoms with Gasteiger partial charge in [0.2, 0.25) is 0 Å². The Morgan fingerprint density at radius 3 is 2.52 bits per heavy atom. The molecule has 0 saturated heterocycles. The van der Waals surface area contributed by atoms with Crippen molar-refractivity contribution in [3.05, 3.63) is 88.1 Å². The van der Waals surface area contributed by atoms with Gasteiger partial charge in [-0.2, -0.15) is 0 Å². The van der Waals surface area contributed by atoms with E-state index in [1.165, 1.54) is 11.8 Å². The van der Waals surface area contributed by atoms with Crippen molar-refractivity contribution in [1.29, 1.82) is 0 Å². The number of amides is 1. The van der Waals surface area contributed by atoms with Gasteiger partial charge in [0.15, 0.2) is 12.4 Å². The average Bonchev–Trinajstić information content (AvgIpc) is 3.24. The van der Waals surface area contributed by atoms with Crippen LogP contribution in [0.25, 0.3) is 0 Å². The first-order valence-corrected chi connectivity index (χ1v) is 10.5. The van der Waals surface area contributed by atoms with Crippen LogP contribution in [0, 0.1) is 0 Å². The molecule has 150 valence electrons. The highest BCUT2D eigenvalue weighted by molar-refractivity contribution is 7.09. The molecule has 0 fully saturated rings. The molecule has 0 bridgehead atoms. The van der Waals surface area contributed by atoms with Crippen LogP contribution < -0.4 is 4.74 Å². The molecule has 3 aromatic rings. The third-order valence-electron chi connectivity index (χ3n) is 4.73. The van der Waals surface area contributed by atoms with E-state index in [1.54, 1.807) is 35.6 Å². The summed E-state index contributed by atoms with van der Waals surface area (Å²) in [5.74, 6) is 0.416.